The van der Waals surface area contributed by atoms with Gasteiger partial charge >= 0.3 is 0 Å². The number of thiophene rings is 1. The SMILES string of the molecule is C[C@H](NC(=O)C[S@](=O)[C@H]1CCO[C@H]1C)c1cccs1. The Bertz CT molecular complexity index is 447. The molecule has 0 spiro atoms. The van der Waals surface area contributed by atoms with Crippen LogP contribution in [0.3, 0.4) is 0 Å². The second-order valence-electron chi connectivity index (χ2n) is 4.73. The van der Waals surface area contributed by atoms with Gasteiger partial charge < -0.3 is 10.1 Å². The molecule has 2 rings (SSSR count). The minimum atomic E-state index is -1.15. The van der Waals surface area contributed by atoms with E-state index in [1.165, 1.54) is 0 Å². The third-order valence-corrected chi connectivity index (χ3v) is 6.16. The fourth-order valence-electron chi connectivity index (χ4n) is 2.19. The Kier molecular flexibility index (Phi) is 5.13. The van der Waals surface area contributed by atoms with Gasteiger partial charge in [-0.1, -0.05) is 6.07 Å². The Hall–Kier alpha value is -0.720. The van der Waals surface area contributed by atoms with Crippen LogP contribution in [0.4, 0.5) is 0 Å². The molecule has 1 fully saturated rings. The van der Waals surface area contributed by atoms with E-state index in [9.17, 15) is 9.00 Å². The lowest BCUT2D eigenvalue weighted by molar-refractivity contribution is -0.119. The Morgan fingerprint density at radius 3 is 3.05 bits per heavy atom. The van der Waals surface area contributed by atoms with Gasteiger partial charge in [-0.05, 0) is 31.7 Å². The Balaban J connectivity index is 1.82. The van der Waals surface area contributed by atoms with Gasteiger partial charge in [-0.25, -0.2) is 0 Å². The van der Waals surface area contributed by atoms with E-state index < -0.39 is 10.8 Å². The number of amides is 1. The van der Waals surface area contributed by atoms with Crippen LogP contribution in [0.5, 0.6) is 0 Å². The molecule has 1 amide bonds. The molecule has 2 heterocycles. The summed E-state index contributed by atoms with van der Waals surface area (Å²) in [4.78, 5) is 13.0. The average Bonchev–Trinajstić information content (AvgIpc) is 2.98. The van der Waals surface area contributed by atoms with Crippen LogP contribution in [0, 0.1) is 0 Å². The first-order valence-electron chi connectivity index (χ1n) is 6.39. The maximum atomic E-state index is 12.1. The van der Waals surface area contributed by atoms with Crippen LogP contribution in [-0.2, 0) is 20.3 Å². The molecule has 19 heavy (non-hydrogen) atoms. The topological polar surface area (TPSA) is 55.4 Å². The van der Waals surface area contributed by atoms with E-state index in [1.807, 2.05) is 31.4 Å². The fourth-order valence-corrected chi connectivity index (χ4v) is 4.34. The molecule has 106 valence electrons. The van der Waals surface area contributed by atoms with Gasteiger partial charge in [-0.2, -0.15) is 0 Å². The predicted molar refractivity (Wildman–Crippen MR) is 77.7 cm³/mol. The second-order valence-corrected chi connectivity index (χ2v) is 7.37. The lowest BCUT2D eigenvalue weighted by atomic mass is 10.3. The maximum absolute atomic E-state index is 12.1. The summed E-state index contributed by atoms with van der Waals surface area (Å²) in [5, 5.41) is 4.86. The van der Waals surface area contributed by atoms with Crippen molar-refractivity contribution in [2.75, 3.05) is 12.4 Å². The molecular weight excluding hydrogens is 282 g/mol. The molecule has 1 saturated heterocycles. The molecule has 1 aliphatic heterocycles. The van der Waals surface area contributed by atoms with Crippen LogP contribution in [0.15, 0.2) is 17.5 Å². The summed E-state index contributed by atoms with van der Waals surface area (Å²) < 4.78 is 17.5. The standard InChI is InChI=1S/C13H19NO3S2/c1-9(11-4-3-7-18-11)14-13(15)8-19(16)12-5-6-17-10(12)2/h3-4,7,9-10,12H,5-6,8H2,1-2H3,(H,14,15)/t9-,10-,12-,19-/m0/s1. The minimum Gasteiger partial charge on any atom is -0.377 e. The molecule has 0 saturated carbocycles. The molecule has 0 aromatic carbocycles. The van der Waals surface area contributed by atoms with Crippen molar-refractivity contribution in [1.29, 1.82) is 0 Å². The monoisotopic (exact) mass is 301 g/mol. The van der Waals surface area contributed by atoms with Crippen molar-refractivity contribution in [1.82, 2.24) is 5.32 Å². The molecule has 0 bridgehead atoms. The fraction of sp³-hybridized carbons (Fsp3) is 0.615. The van der Waals surface area contributed by atoms with Crippen LogP contribution in [0.2, 0.25) is 0 Å². The summed E-state index contributed by atoms with van der Waals surface area (Å²) in [5.41, 5.74) is 0. The molecule has 0 radical (unpaired) electrons. The van der Waals surface area contributed by atoms with Gasteiger partial charge in [-0.3, -0.25) is 9.00 Å². The summed E-state index contributed by atoms with van der Waals surface area (Å²) in [6.45, 7) is 4.50. The third kappa shape index (κ3) is 3.87. The highest BCUT2D eigenvalue weighted by atomic mass is 32.2. The highest BCUT2D eigenvalue weighted by Gasteiger charge is 2.30. The third-order valence-electron chi connectivity index (χ3n) is 3.27. The number of ether oxygens (including phenoxy) is 1. The smallest absolute Gasteiger partial charge is 0.233 e. The minimum absolute atomic E-state index is 0.0108. The number of hydrogen-bond donors (Lipinski definition) is 1. The van der Waals surface area contributed by atoms with Crippen molar-refractivity contribution >= 4 is 28.0 Å². The van der Waals surface area contributed by atoms with Crippen LogP contribution in [0.25, 0.3) is 0 Å². The van der Waals surface area contributed by atoms with Gasteiger partial charge in [0.15, 0.2) is 0 Å². The Morgan fingerprint density at radius 2 is 2.47 bits per heavy atom. The van der Waals surface area contributed by atoms with Crippen molar-refractivity contribution in [2.24, 2.45) is 0 Å². The van der Waals surface area contributed by atoms with E-state index in [4.69, 9.17) is 4.74 Å². The van der Waals surface area contributed by atoms with E-state index in [0.29, 0.717) is 6.61 Å². The Morgan fingerprint density at radius 1 is 1.68 bits per heavy atom. The van der Waals surface area contributed by atoms with Gasteiger partial charge in [0, 0.05) is 22.3 Å². The first-order chi connectivity index (χ1) is 9.08. The number of hydrogen-bond acceptors (Lipinski definition) is 4. The Labute approximate surface area is 120 Å². The zero-order valence-electron chi connectivity index (χ0n) is 11.1. The normalized spacial score (nSPS) is 26.0. The van der Waals surface area contributed by atoms with E-state index >= 15 is 0 Å². The molecular formula is C13H19NO3S2. The lowest BCUT2D eigenvalue weighted by Crippen LogP contribution is -2.35. The summed E-state index contributed by atoms with van der Waals surface area (Å²) in [7, 11) is -1.15. The van der Waals surface area contributed by atoms with Crippen molar-refractivity contribution in [3.8, 4) is 0 Å². The average molecular weight is 301 g/mol. The van der Waals surface area contributed by atoms with Gasteiger partial charge in [0.05, 0.1) is 17.4 Å². The quantitative estimate of drug-likeness (QED) is 0.903. The molecule has 4 nitrogen and oxygen atoms in total. The predicted octanol–water partition coefficient (Wildman–Crippen LogP) is 1.85. The van der Waals surface area contributed by atoms with Crippen molar-refractivity contribution in [3.05, 3.63) is 22.4 Å². The molecule has 6 heteroatoms. The van der Waals surface area contributed by atoms with Gasteiger partial charge in [0.25, 0.3) is 0 Å². The van der Waals surface area contributed by atoms with Crippen LogP contribution >= 0.6 is 11.3 Å². The van der Waals surface area contributed by atoms with Crippen molar-refractivity contribution < 1.29 is 13.7 Å². The zero-order chi connectivity index (χ0) is 13.8. The molecule has 4 atom stereocenters. The van der Waals surface area contributed by atoms with Crippen molar-refractivity contribution in [3.63, 3.8) is 0 Å². The highest BCUT2D eigenvalue weighted by Crippen LogP contribution is 2.20. The molecule has 1 aromatic rings. The van der Waals surface area contributed by atoms with E-state index in [2.05, 4.69) is 5.32 Å². The van der Waals surface area contributed by atoms with Crippen LogP contribution in [-0.4, -0.2) is 33.8 Å². The number of carbonyl (C=O) groups excluding carboxylic acids is 1. The van der Waals surface area contributed by atoms with Gasteiger partial charge in [-0.15, -0.1) is 11.3 Å². The lowest BCUT2D eigenvalue weighted by Gasteiger charge is -2.15. The summed E-state index contributed by atoms with van der Waals surface area (Å²) >= 11 is 1.61. The van der Waals surface area contributed by atoms with E-state index in [0.717, 1.165) is 11.3 Å². The van der Waals surface area contributed by atoms with Crippen LogP contribution < -0.4 is 5.32 Å². The first-order valence-corrected chi connectivity index (χ1v) is 8.65. The van der Waals surface area contributed by atoms with E-state index in [-0.39, 0.29) is 29.1 Å². The summed E-state index contributed by atoms with van der Waals surface area (Å²) in [6, 6.07) is 3.92. The van der Waals surface area contributed by atoms with Gasteiger partial charge in [0.2, 0.25) is 5.91 Å². The molecule has 0 aliphatic carbocycles. The first kappa shape index (κ1) is 14.7. The molecule has 0 unspecified atom stereocenters. The van der Waals surface area contributed by atoms with Gasteiger partial charge in [0.1, 0.15) is 5.75 Å². The second kappa shape index (κ2) is 6.63. The summed E-state index contributed by atoms with van der Waals surface area (Å²) in [6.07, 6.45) is 0.769. The number of rotatable bonds is 5. The summed E-state index contributed by atoms with van der Waals surface area (Å²) in [5.74, 6) is -0.0907. The maximum Gasteiger partial charge on any atom is 0.233 e. The molecule has 1 aromatic heterocycles. The van der Waals surface area contributed by atoms with E-state index in [1.54, 1.807) is 11.3 Å². The zero-order valence-corrected chi connectivity index (χ0v) is 12.8. The molecule has 1 N–H and O–H groups in total. The van der Waals surface area contributed by atoms with Crippen LogP contribution in [0.1, 0.15) is 31.2 Å². The number of carbonyl (C=O) groups is 1. The highest BCUT2D eigenvalue weighted by molar-refractivity contribution is 7.86. The largest absolute Gasteiger partial charge is 0.377 e. The molecule has 1 aliphatic rings. The van der Waals surface area contributed by atoms with Crippen molar-refractivity contribution in [2.45, 2.75) is 37.7 Å². The number of nitrogens with one attached hydrogen (secondary N) is 1.